The topological polar surface area (TPSA) is 32.6 Å². The third-order valence-corrected chi connectivity index (χ3v) is 3.07. The maximum Gasteiger partial charge on any atom is 0.124 e. The van der Waals surface area contributed by atoms with Crippen LogP contribution in [0.25, 0.3) is 5.57 Å². The molecule has 2 rings (SSSR count). The van der Waals surface area contributed by atoms with Crippen molar-refractivity contribution in [3.63, 3.8) is 0 Å². The zero-order chi connectivity index (χ0) is 14.5. The Morgan fingerprint density at radius 3 is 2.35 bits per heavy atom. The second-order valence-corrected chi connectivity index (χ2v) is 4.46. The number of allylic oxidation sites excluding steroid dienone is 2. The highest BCUT2D eigenvalue weighted by molar-refractivity contribution is 6.13. The first-order chi connectivity index (χ1) is 9.61. The number of aliphatic imine (C=N–C) groups is 1. The molecular weight excluding hydrogens is 253 g/mol. The van der Waals surface area contributed by atoms with Crippen molar-refractivity contribution in [2.75, 3.05) is 7.05 Å². The van der Waals surface area contributed by atoms with E-state index in [-0.39, 0.29) is 11.6 Å². The summed E-state index contributed by atoms with van der Waals surface area (Å²) in [6.07, 6.45) is 1.88. The fourth-order valence-corrected chi connectivity index (χ4v) is 1.95. The molecule has 0 saturated carbocycles. The van der Waals surface area contributed by atoms with Crippen LogP contribution in [0.5, 0.6) is 5.75 Å². The maximum absolute atomic E-state index is 12.9. The Morgan fingerprint density at radius 1 is 1.10 bits per heavy atom. The summed E-state index contributed by atoms with van der Waals surface area (Å²) in [5.41, 5.74) is 3.23. The Bertz CT molecular complexity index is 657. The number of aromatic hydroxyl groups is 1. The van der Waals surface area contributed by atoms with Gasteiger partial charge in [0.25, 0.3) is 0 Å². The van der Waals surface area contributed by atoms with E-state index >= 15 is 0 Å². The molecule has 1 N–H and O–H groups in total. The number of para-hydroxylation sites is 1. The summed E-state index contributed by atoms with van der Waals surface area (Å²) in [6, 6.07) is 13.3. The maximum atomic E-state index is 12.9. The van der Waals surface area contributed by atoms with Gasteiger partial charge in [-0.15, -0.1) is 0 Å². The first kappa shape index (κ1) is 14.0. The molecule has 0 heterocycles. The van der Waals surface area contributed by atoms with Crippen LogP contribution in [0.2, 0.25) is 0 Å². The summed E-state index contributed by atoms with van der Waals surface area (Å²) in [4.78, 5) is 4.21. The number of halogens is 1. The van der Waals surface area contributed by atoms with Gasteiger partial charge in [-0.3, -0.25) is 4.99 Å². The highest BCUT2D eigenvalue weighted by Gasteiger charge is 2.06. The van der Waals surface area contributed by atoms with Crippen LogP contribution in [0.4, 0.5) is 4.39 Å². The van der Waals surface area contributed by atoms with Crippen molar-refractivity contribution < 1.29 is 9.50 Å². The lowest BCUT2D eigenvalue weighted by atomic mass is 10.0. The van der Waals surface area contributed by atoms with Gasteiger partial charge in [0, 0.05) is 12.6 Å². The largest absolute Gasteiger partial charge is 0.507 e. The zero-order valence-electron chi connectivity index (χ0n) is 11.5. The minimum absolute atomic E-state index is 0.191. The molecule has 0 saturated heterocycles. The van der Waals surface area contributed by atoms with Crippen LogP contribution in [0.3, 0.4) is 0 Å². The molecule has 0 aliphatic rings. The Kier molecular flexibility index (Phi) is 4.31. The molecule has 2 nitrogen and oxygen atoms in total. The monoisotopic (exact) mass is 269 g/mol. The molecule has 3 heteroatoms. The summed E-state index contributed by atoms with van der Waals surface area (Å²) >= 11 is 0. The standard InChI is InChI=1S/C17H16FNO/c1-12(13-7-9-14(18)10-8-13)11-16(19-2)15-5-3-4-6-17(15)20/h3-11,20H,1-2H3/b12-11+,19-16?. The number of hydrogen-bond acceptors (Lipinski definition) is 2. The van der Waals surface area contributed by atoms with Crippen LogP contribution in [0.1, 0.15) is 18.1 Å². The quantitative estimate of drug-likeness (QED) is 0.837. The van der Waals surface area contributed by atoms with Crippen molar-refractivity contribution in [3.05, 3.63) is 71.6 Å². The van der Waals surface area contributed by atoms with Gasteiger partial charge in [0.15, 0.2) is 0 Å². The Morgan fingerprint density at radius 2 is 1.75 bits per heavy atom. The van der Waals surface area contributed by atoms with E-state index in [4.69, 9.17) is 0 Å². The van der Waals surface area contributed by atoms with Gasteiger partial charge in [-0.1, -0.05) is 24.3 Å². The lowest BCUT2D eigenvalue weighted by molar-refractivity contribution is 0.474. The second kappa shape index (κ2) is 6.15. The molecule has 20 heavy (non-hydrogen) atoms. The van der Waals surface area contributed by atoms with Crippen LogP contribution < -0.4 is 0 Å². The molecule has 0 aliphatic carbocycles. The summed E-state index contributed by atoms with van der Waals surface area (Å²) in [5, 5.41) is 9.87. The van der Waals surface area contributed by atoms with Crippen molar-refractivity contribution in [2.45, 2.75) is 6.92 Å². The first-order valence-corrected chi connectivity index (χ1v) is 6.31. The molecule has 0 spiro atoms. The van der Waals surface area contributed by atoms with E-state index in [2.05, 4.69) is 4.99 Å². The zero-order valence-corrected chi connectivity index (χ0v) is 11.5. The van der Waals surface area contributed by atoms with Crippen LogP contribution in [0.15, 0.2) is 59.6 Å². The van der Waals surface area contributed by atoms with Gasteiger partial charge in [-0.2, -0.15) is 0 Å². The normalized spacial score (nSPS) is 12.6. The third kappa shape index (κ3) is 3.12. The van der Waals surface area contributed by atoms with E-state index < -0.39 is 0 Å². The van der Waals surface area contributed by atoms with E-state index in [1.54, 1.807) is 31.3 Å². The van der Waals surface area contributed by atoms with Crippen LogP contribution in [0, 0.1) is 5.82 Å². The second-order valence-electron chi connectivity index (χ2n) is 4.46. The molecule has 102 valence electrons. The van der Waals surface area contributed by atoms with E-state index in [0.29, 0.717) is 11.3 Å². The minimum Gasteiger partial charge on any atom is -0.507 e. The van der Waals surface area contributed by atoms with Crippen LogP contribution >= 0.6 is 0 Å². The van der Waals surface area contributed by atoms with Crippen molar-refractivity contribution in [3.8, 4) is 5.75 Å². The molecule has 2 aromatic carbocycles. The van der Waals surface area contributed by atoms with Gasteiger partial charge < -0.3 is 5.11 Å². The van der Waals surface area contributed by atoms with Gasteiger partial charge in [0.1, 0.15) is 11.6 Å². The molecule has 0 atom stereocenters. The van der Waals surface area contributed by atoms with Crippen molar-refractivity contribution in [1.29, 1.82) is 0 Å². The van der Waals surface area contributed by atoms with Gasteiger partial charge in [-0.05, 0) is 48.4 Å². The highest BCUT2D eigenvalue weighted by Crippen LogP contribution is 2.20. The SMILES string of the molecule is CN=C(/C=C(\C)c1ccc(F)cc1)c1ccccc1O. The molecule has 0 unspecified atom stereocenters. The van der Waals surface area contributed by atoms with Crippen molar-refractivity contribution in [2.24, 2.45) is 4.99 Å². The minimum atomic E-state index is -0.258. The van der Waals surface area contributed by atoms with Gasteiger partial charge >= 0.3 is 0 Å². The fraction of sp³-hybridized carbons (Fsp3) is 0.118. The molecule has 2 aromatic rings. The molecule has 0 bridgehead atoms. The third-order valence-electron chi connectivity index (χ3n) is 3.07. The number of phenols is 1. The average Bonchev–Trinajstić information content (AvgIpc) is 2.46. The first-order valence-electron chi connectivity index (χ1n) is 6.31. The summed E-state index contributed by atoms with van der Waals surface area (Å²) in [6.45, 7) is 1.93. The van der Waals surface area contributed by atoms with E-state index in [1.165, 1.54) is 12.1 Å². The fourth-order valence-electron chi connectivity index (χ4n) is 1.95. The lowest BCUT2D eigenvalue weighted by Gasteiger charge is -2.06. The Labute approximate surface area is 117 Å². The van der Waals surface area contributed by atoms with Crippen molar-refractivity contribution >= 4 is 11.3 Å². The smallest absolute Gasteiger partial charge is 0.124 e. The predicted molar refractivity (Wildman–Crippen MR) is 80.6 cm³/mol. The van der Waals surface area contributed by atoms with E-state index in [1.807, 2.05) is 25.1 Å². The van der Waals surface area contributed by atoms with Gasteiger partial charge in [-0.25, -0.2) is 4.39 Å². The van der Waals surface area contributed by atoms with E-state index in [0.717, 1.165) is 11.1 Å². The molecular formula is C17H16FNO. The summed E-state index contributed by atoms with van der Waals surface area (Å²) < 4.78 is 12.9. The van der Waals surface area contributed by atoms with Crippen molar-refractivity contribution in [1.82, 2.24) is 0 Å². The van der Waals surface area contributed by atoms with Gasteiger partial charge in [0.2, 0.25) is 0 Å². The van der Waals surface area contributed by atoms with Crippen LogP contribution in [-0.4, -0.2) is 17.9 Å². The Balaban J connectivity index is 2.37. The number of phenolic OH excluding ortho intramolecular Hbond substituents is 1. The molecule has 0 aliphatic heterocycles. The number of hydrogen-bond donors (Lipinski definition) is 1. The predicted octanol–water partition coefficient (Wildman–Crippen LogP) is 4.05. The molecule has 0 radical (unpaired) electrons. The summed E-state index contributed by atoms with van der Waals surface area (Å²) in [7, 11) is 1.68. The summed E-state index contributed by atoms with van der Waals surface area (Å²) in [5.74, 6) is -0.0668. The number of nitrogens with zero attached hydrogens (tertiary/aromatic N) is 1. The average molecular weight is 269 g/mol. The molecule has 0 amide bonds. The van der Waals surface area contributed by atoms with E-state index in [9.17, 15) is 9.50 Å². The number of rotatable bonds is 3. The van der Waals surface area contributed by atoms with Crippen LogP contribution in [-0.2, 0) is 0 Å². The highest BCUT2D eigenvalue weighted by atomic mass is 19.1. The molecule has 0 aromatic heterocycles. The number of benzene rings is 2. The van der Waals surface area contributed by atoms with Gasteiger partial charge in [0.05, 0.1) is 5.71 Å². The Hall–Kier alpha value is -2.42. The molecule has 0 fully saturated rings. The lowest BCUT2D eigenvalue weighted by Crippen LogP contribution is -1.98.